The summed E-state index contributed by atoms with van der Waals surface area (Å²) in [5.74, 6) is 0. The minimum Gasteiger partial charge on any atom is -0.276 e. The molecule has 15 heavy (non-hydrogen) atoms. The maximum atomic E-state index is 12.6. The van der Waals surface area contributed by atoms with Gasteiger partial charge in [-0.1, -0.05) is 11.6 Å². The van der Waals surface area contributed by atoms with Gasteiger partial charge >= 0.3 is 6.18 Å². The van der Waals surface area contributed by atoms with Crippen LogP contribution in [0.4, 0.5) is 13.2 Å². The quantitative estimate of drug-likeness (QED) is 0.742. The molecule has 0 spiro atoms. The van der Waals surface area contributed by atoms with E-state index in [-0.39, 0.29) is 15.9 Å². The largest absolute Gasteiger partial charge is 0.417 e. The fraction of sp³-hybridized carbons (Fsp3) is 0.222. The molecule has 0 aliphatic carbocycles. The summed E-state index contributed by atoms with van der Waals surface area (Å²) in [5.41, 5.74) is -0.113. The molecule has 0 unspecified atom stereocenters. The van der Waals surface area contributed by atoms with Gasteiger partial charge in [-0.3, -0.25) is 5.10 Å². The van der Waals surface area contributed by atoms with Crippen LogP contribution in [0.3, 0.4) is 0 Å². The Morgan fingerprint density at radius 2 is 2.07 bits per heavy atom. The van der Waals surface area contributed by atoms with Crippen molar-refractivity contribution in [3.63, 3.8) is 0 Å². The van der Waals surface area contributed by atoms with Gasteiger partial charge in [0.25, 0.3) is 0 Å². The molecule has 1 aromatic heterocycles. The number of aromatic amines is 1. The molecule has 0 fully saturated rings. The van der Waals surface area contributed by atoms with E-state index in [1.165, 1.54) is 6.92 Å². The number of hydrogen-bond donors (Lipinski definition) is 1. The monoisotopic (exact) mass is 234 g/mol. The second kappa shape index (κ2) is 3.13. The zero-order valence-corrected chi connectivity index (χ0v) is 8.37. The highest BCUT2D eigenvalue weighted by Crippen LogP contribution is 2.38. The zero-order chi connectivity index (χ0) is 11.2. The van der Waals surface area contributed by atoms with Crippen molar-refractivity contribution < 1.29 is 13.2 Å². The molecule has 0 saturated heterocycles. The van der Waals surface area contributed by atoms with Gasteiger partial charge in [0.1, 0.15) is 0 Å². The highest BCUT2D eigenvalue weighted by molar-refractivity contribution is 6.35. The maximum Gasteiger partial charge on any atom is 0.417 e. The van der Waals surface area contributed by atoms with E-state index < -0.39 is 11.7 Å². The second-order valence-electron chi connectivity index (χ2n) is 3.21. The summed E-state index contributed by atoms with van der Waals surface area (Å²) in [5, 5.41) is 6.30. The average molecular weight is 235 g/mol. The minimum absolute atomic E-state index is 0.00176. The Bertz CT molecular complexity index is 516. The Morgan fingerprint density at radius 3 is 2.67 bits per heavy atom. The maximum absolute atomic E-state index is 12.6. The standard InChI is InChI=1S/C9H6ClF3N2/c1-4-2-6(9(11,12)13)5-3-14-15-8(5)7(4)10/h2-3H,1H3,(H,14,15). The van der Waals surface area contributed by atoms with Crippen molar-refractivity contribution in [1.82, 2.24) is 10.2 Å². The third-order valence-electron chi connectivity index (χ3n) is 2.16. The van der Waals surface area contributed by atoms with E-state index >= 15 is 0 Å². The Labute approximate surface area is 88.0 Å². The molecule has 0 atom stereocenters. The van der Waals surface area contributed by atoms with Crippen molar-refractivity contribution in [1.29, 1.82) is 0 Å². The fourth-order valence-electron chi connectivity index (χ4n) is 1.45. The lowest BCUT2D eigenvalue weighted by Crippen LogP contribution is -2.06. The van der Waals surface area contributed by atoms with E-state index in [9.17, 15) is 13.2 Å². The van der Waals surface area contributed by atoms with Crippen molar-refractivity contribution in [3.8, 4) is 0 Å². The van der Waals surface area contributed by atoms with E-state index in [1.54, 1.807) is 0 Å². The topological polar surface area (TPSA) is 28.7 Å². The van der Waals surface area contributed by atoms with Crippen LogP contribution in [0.15, 0.2) is 12.3 Å². The third-order valence-corrected chi connectivity index (χ3v) is 2.65. The first-order valence-electron chi connectivity index (χ1n) is 4.10. The summed E-state index contributed by atoms with van der Waals surface area (Å²) in [6, 6.07) is 1.03. The number of H-pyrrole nitrogens is 1. The average Bonchev–Trinajstić information content (AvgIpc) is 2.57. The van der Waals surface area contributed by atoms with Gasteiger partial charge in [0, 0.05) is 5.39 Å². The molecule has 1 aromatic carbocycles. The Hall–Kier alpha value is -1.23. The van der Waals surface area contributed by atoms with Crippen LogP contribution in [-0.2, 0) is 6.18 Å². The normalized spacial score (nSPS) is 12.3. The van der Waals surface area contributed by atoms with Gasteiger partial charge in [-0.2, -0.15) is 18.3 Å². The smallest absolute Gasteiger partial charge is 0.276 e. The van der Waals surface area contributed by atoms with E-state index in [1.807, 2.05) is 0 Å². The van der Waals surface area contributed by atoms with Crippen molar-refractivity contribution >= 4 is 22.5 Å². The molecule has 80 valence electrons. The molecule has 2 nitrogen and oxygen atoms in total. The Balaban J connectivity index is 2.86. The van der Waals surface area contributed by atoms with E-state index in [4.69, 9.17) is 11.6 Å². The summed E-state index contributed by atoms with van der Waals surface area (Å²) in [6.07, 6.45) is -3.26. The number of fused-ring (bicyclic) bond motifs is 1. The summed E-state index contributed by atoms with van der Waals surface area (Å²) in [4.78, 5) is 0. The number of hydrogen-bond acceptors (Lipinski definition) is 1. The molecule has 1 heterocycles. The Kier molecular flexibility index (Phi) is 2.15. The van der Waals surface area contributed by atoms with Gasteiger partial charge < -0.3 is 0 Å². The van der Waals surface area contributed by atoms with Crippen LogP contribution in [0.2, 0.25) is 5.02 Å². The molecule has 2 rings (SSSR count). The summed E-state index contributed by atoms with van der Waals surface area (Å²) < 4.78 is 37.9. The van der Waals surface area contributed by atoms with Gasteiger partial charge in [0.15, 0.2) is 0 Å². The first kappa shape index (κ1) is 10.3. The number of halogens is 4. The number of benzene rings is 1. The third kappa shape index (κ3) is 1.56. The number of aryl methyl sites for hydroxylation is 1. The number of nitrogens with one attached hydrogen (secondary N) is 1. The van der Waals surface area contributed by atoms with Crippen LogP contribution in [-0.4, -0.2) is 10.2 Å². The second-order valence-corrected chi connectivity index (χ2v) is 3.59. The van der Waals surface area contributed by atoms with E-state index in [0.29, 0.717) is 5.56 Å². The molecule has 1 N–H and O–H groups in total. The van der Waals surface area contributed by atoms with E-state index in [2.05, 4.69) is 10.2 Å². The zero-order valence-electron chi connectivity index (χ0n) is 7.61. The SMILES string of the molecule is Cc1cc(C(F)(F)F)c2cn[nH]c2c1Cl. The van der Waals surface area contributed by atoms with Gasteiger partial charge in [-0.05, 0) is 18.6 Å². The van der Waals surface area contributed by atoms with Crippen LogP contribution in [0.1, 0.15) is 11.1 Å². The molecule has 0 aliphatic heterocycles. The summed E-state index contributed by atoms with van der Waals surface area (Å²) in [7, 11) is 0. The number of aromatic nitrogens is 2. The number of alkyl halides is 3. The van der Waals surface area contributed by atoms with Crippen molar-refractivity contribution in [2.24, 2.45) is 0 Å². The van der Waals surface area contributed by atoms with Crippen molar-refractivity contribution in [3.05, 3.63) is 28.4 Å². The molecule has 0 bridgehead atoms. The predicted molar refractivity (Wildman–Crippen MR) is 50.8 cm³/mol. The highest BCUT2D eigenvalue weighted by Gasteiger charge is 2.34. The minimum atomic E-state index is -4.39. The van der Waals surface area contributed by atoms with Crippen LogP contribution in [0.25, 0.3) is 10.9 Å². The molecule has 6 heteroatoms. The fourth-order valence-corrected chi connectivity index (χ4v) is 1.65. The van der Waals surface area contributed by atoms with Crippen LogP contribution in [0, 0.1) is 6.92 Å². The first-order chi connectivity index (χ1) is 6.91. The van der Waals surface area contributed by atoms with Gasteiger partial charge in [-0.25, -0.2) is 0 Å². The summed E-state index contributed by atoms with van der Waals surface area (Å²) >= 11 is 5.85. The van der Waals surface area contributed by atoms with Crippen LogP contribution in [0.5, 0.6) is 0 Å². The lowest BCUT2D eigenvalue weighted by atomic mass is 10.1. The first-order valence-corrected chi connectivity index (χ1v) is 4.48. The molecule has 0 amide bonds. The number of rotatable bonds is 0. The lowest BCUT2D eigenvalue weighted by Gasteiger charge is -2.10. The van der Waals surface area contributed by atoms with Gasteiger partial charge in [0.05, 0.1) is 22.3 Å². The van der Waals surface area contributed by atoms with Gasteiger partial charge in [-0.15, -0.1) is 0 Å². The number of nitrogens with zero attached hydrogens (tertiary/aromatic N) is 1. The molecular weight excluding hydrogens is 229 g/mol. The molecule has 2 aromatic rings. The molecular formula is C9H6ClF3N2. The van der Waals surface area contributed by atoms with E-state index in [0.717, 1.165) is 12.3 Å². The molecule has 0 aliphatic rings. The Morgan fingerprint density at radius 1 is 1.40 bits per heavy atom. The molecule has 0 radical (unpaired) electrons. The highest BCUT2D eigenvalue weighted by atomic mass is 35.5. The van der Waals surface area contributed by atoms with Gasteiger partial charge in [0.2, 0.25) is 0 Å². The summed E-state index contributed by atoms with van der Waals surface area (Å²) in [6.45, 7) is 1.53. The van der Waals surface area contributed by atoms with Crippen LogP contribution < -0.4 is 0 Å². The van der Waals surface area contributed by atoms with Crippen molar-refractivity contribution in [2.75, 3.05) is 0 Å². The van der Waals surface area contributed by atoms with Crippen LogP contribution >= 0.6 is 11.6 Å². The predicted octanol–water partition coefficient (Wildman–Crippen LogP) is 3.54. The lowest BCUT2D eigenvalue weighted by molar-refractivity contribution is -0.136. The molecule has 0 saturated carbocycles. The van der Waals surface area contributed by atoms with Crippen molar-refractivity contribution in [2.45, 2.75) is 13.1 Å².